The van der Waals surface area contributed by atoms with Gasteiger partial charge in [0.05, 0.1) is 17.3 Å². The number of rotatable bonds is 7. The minimum Gasteiger partial charge on any atom is -0.351 e. The van der Waals surface area contributed by atoms with Crippen molar-refractivity contribution in [3.63, 3.8) is 0 Å². The van der Waals surface area contributed by atoms with Crippen LogP contribution in [0.2, 0.25) is 0 Å². The Kier molecular flexibility index (Phi) is 5.58. The van der Waals surface area contributed by atoms with Gasteiger partial charge in [-0.2, -0.15) is 0 Å². The Bertz CT molecular complexity index is 930. The van der Waals surface area contributed by atoms with E-state index in [9.17, 15) is 4.79 Å². The van der Waals surface area contributed by atoms with Gasteiger partial charge in [0.1, 0.15) is 0 Å². The van der Waals surface area contributed by atoms with Crippen LogP contribution in [0.15, 0.2) is 54.1 Å². The normalized spacial score (nSPS) is 17.8. The summed E-state index contributed by atoms with van der Waals surface area (Å²) in [6.07, 6.45) is 7.57. The van der Waals surface area contributed by atoms with Gasteiger partial charge in [0.2, 0.25) is 0 Å². The van der Waals surface area contributed by atoms with Gasteiger partial charge in [0.15, 0.2) is 10.9 Å². The minimum absolute atomic E-state index is 0.0816. The number of fused-ring (bicyclic) bond motifs is 2. The van der Waals surface area contributed by atoms with Crippen LogP contribution in [0.4, 0.5) is 0 Å². The summed E-state index contributed by atoms with van der Waals surface area (Å²) in [5.41, 5.74) is 5.75. The van der Waals surface area contributed by atoms with Crippen molar-refractivity contribution >= 4 is 28.8 Å². The molecule has 2 aliphatic rings. The van der Waals surface area contributed by atoms with E-state index in [0.717, 1.165) is 34.4 Å². The van der Waals surface area contributed by atoms with Crippen LogP contribution < -0.4 is 10.6 Å². The number of hydrogen-bond donors (Lipinski definition) is 2. The highest BCUT2D eigenvalue weighted by Crippen LogP contribution is 2.39. The maximum Gasteiger partial charge on any atom is 0.194 e. The summed E-state index contributed by atoms with van der Waals surface area (Å²) in [6.45, 7) is 2.24. The average Bonchev–Trinajstić information content (AvgIpc) is 3.00. The molecule has 144 valence electrons. The highest BCUT2D eigenvalue weighted by molar-refractivity contribution is 7.80. The third-order valence-electron chi connectivity index (χ3n) is 5.64. The third-order valence-corrected chi connectivity index (χ3v) is 5.86. The summed E-state index contributed by atoms with van der Waals surface area (Å²) in [6, 6.07) is 16.2. The number of benzene rings is 2. The second-order valence-electron chi connectivity index (χ2n) is 7.60. The van der Waals surface area contributed by atoms with Crippen LogP contribution in [0.25, 0.3) is 5.70 Å². The van der Waals surface area contributed by atoms with Crippen molar-refractivity contribution < 1.29 is 4.79 Å². The molecule has 3 nitrogen and oxygen atoms in total. The lowest BCUT2D eigenvalue weighted by atomic mass is 9.93. The molecule has 2 aromatic carbocycles. The van der Waals surface area contributed by atoms with E-state index < -0.39 is 0 Å². The molecule has 0 bridgehead atoms. The Balaban J connectivity index is 1.53. The van der Waals surface area contributed by atoms with E-state index in [0.29, 0.717) is 5.11 Å². The summed E-state index contributed by atoms with van der Waals surface area (Å²) < 4.78 is 0. The van der Waals surface area contributed by atoms with Crippen molar-refractivity contribution in [3.05, 3.63) is 76.4 Å². The summed E-state index contributed by atoms with van der Waals surface area (Å²) >= 11 is 5.42. The highest BCUT2D eigenvalue weighted by atomic mass is 32.1. The Labute approximate surface area is 172 Å². The number of nitrogens with one attached hydrogen (secondary N) is 2. The molecule has 0 amide bonds. The van der Waals surface area contributed by atoms with Crippen LogP contribution in [-0.2, 0) is 6.42 Å². The average molecular weight is 391 g/mol. The van der Waals surface area contributed by atoms with Gasteiger partial charge in [0, 0.05) is 11.1 Å². The van der Waals surface area contributed by atoms with E-state index in [1.807, 2.05) is 24.3 Å². The third kappa shape index (κ3) is 3.61. The number of hydrogen-bond acceptors (Lipinski definition) is 2. The van der Waals surface area contributed by atoms with E-state index in [4.69, 9.17) is 12.2 Å². The smallest absolute Gasteiger partial charge is 0.194 e. The van der Waals surface area contributed by atoms with E-state index >= 15 is 0 Å². The molecule has 0 unspecified atom stereocenters. The molecular formula is C24H26N2OS. The zero-order chi connectivity index (χ0) is 19.5. The van der Waals surface area contributed by atoms with Crippen molar-refractivity contribution in [2.45, 2.75) is 51.5 Å². The number of ketones is 1. The number of carbonyl (C=O) groups excluding carboxylic acids is 1. The molecule has 0 spiro atoms. The van der Waals surface area contributed by atoms with Crippen LogP contribution in [0.3, 0.4) is 0 Å². The van der Waals surface area contributed by atoms with Gasteiger partial charge in [-0.3, -0.25) is 4.79 Å². The molecule has 0 aromatic heterocycles. The molecule has 0 fully saturated rings. The Morgan fingerprint density at radius 3 is 2.39 bits per heavy atom. The first-order valence-corrected chi connectivity index (χ1v) is 10.6. The van der Waals surface area contributed by atoms with Gasteiger partial charge in [0.25, 0.3) is 0 Å². The Hall–Kier alpha value is -2.46. The summed E-state index contributed by atoms with van der Waals surface area (Å²) in [7, 11) is 0. The fraction of sp³-hybridized carbons (Fsp3) is 0.333. The monoisotopic (exact) mass is 390 g/mol. The molecule has 0 radical (unpaired) electrons. The maximum absolute atomic E-state index is 13.0. The molecule has 4 rings (SSSR count). The van der Waals surface area contributed by atoms with E-state index in [2.05, 4.69) is 41.8 Å². The predicted molar refractivity (Wildman–Crippen MR) is 118 cm³/mol. The lowest BCUT2D eigenvalue weighted by molar-refractivity contribution is 0.103. The molecule has 28 heavy (non-hydrogen) atoms. The highest BCUT2D eigenvalue weighted by Gasteiger charge is 2.38. The van der Waals surface area contributed by atoms with Crippen LogP contribution in [0.5, 0.6) is 0 Å². The fourth-order valence-corrected chi connectivity index (χ4v) is 4.35. The van der Waals surface area contributed by atoms with Gasteiger partial charge in [-0.25, -0.2) is 0 Å². The minimum atomic E-state index is -0.206. The summed E-state index contributed by atoms with van der Waals surface area (Å²) in [5.74, 6) is 0.0816. The molecule has 1 atom stereocenters. The molecule has 1 aliphatic heterocycles. The maximum atomic E-state index is 13.0. The lowest BCUT2D eigenvalue weighted by Gasteiger charge is -2.28. The van der Waals surface area contributed by atoms with Gasteiger partial charge in [-0.1, -0.05) is 81.1 Å². The van der Waals surface area contributed by atoms with Crippen molar-refractivity contribution in [1.82, 2.24) is 10.6 Å². The summed E-state index contributed by atoms with van der Waals surface area (Å²) in [5, 5.41) is 7.06. The number of thiocarbonyl (C=S) groups is 1. The van der Waals surface area contributed by atoms with Crippen LogP contribution >= 0.6 is 12.2 Å². The van der Waals surface area contributed by atoms with E-state index in [1.165, 1.54) is 37.7 Å². The van der Waals surface area contributed by atoms with Gasteiger partial charge in [-0.15, -0.1) is 0 Å². The molecule has 4 heteroatoms. The Morgan fingerprint density at radius 1 is 0.929 bits per heavy atom. The molecule has 2 N–H and O–H groups in total. The van der Waals surface area contributed by atoms with Crippen LogP contribution in [0, 0.1) is 0 Å². The first kappa shape index (κ1) is 18.9. The Morgan fingerprint density at radius 2 is 1.64 bits per heavy atom. The predicted octanol–water partition coefficient (Wildman–Crippen LogP) is 5.33. The zero-order valence-corrected chi connectivity index (χ0v) is 17.1. The number of carbonyl (C=O) groups is 1. The first-order chi connectivity index (χ1) is 13.7. The van der Waals surface area contributed by atoms with E-state index in [-0.39, 0.29) is 11.8 Å². The fourth-order valence-electron chi connectivity index (χ4n) is 4.13. The molecule has 1 aliphatic carbocycles. The van der Waals surface area contributed by atoms with Crippen molar-refractivity contribution in [3.8, 4) is 0 Å². The molecule has 0 saturated carbocycles. The number of unbranched alkanes of at least 4 members (excludes halogenated alkanes) is 4. The molecule has 1 heterocycles. The standard InChI is InChI=1S/C24H26N2OS/c1-2-3-4-5-6-9-16-12-14-17(15-13-16)21-20-22(26-24(28)25-21)18-10-7-8-11-19(18)23(20)27/h7-8,10-15,21H,2-6,9H2,1H3,(H2,25,26,28)/t21-/m0/s1. The molecular weight excluding hydrogens is 364 g/mol. The summed E-state index contributed by atoms with van der Waals surface area (Å²) in [4.78, 5) is 13.0. The van der Waals surface area contributed by atoms with Crippen LogP contribution in [-0.4, -0.2) is 10.9 Å². The first-order valence-electron chi connectivity index (χ1n) is 10.2. The quantitative estimate of drug-likeness (QED) is 0.495. The van der Waals surface area contributed by atoms with Crippen molar-refractivity contribution in [2.24, 2.45) is 0 Å². The van der Waals surface area contributed by atoms with Gasteiger partial charge >= 0.3 is 0 Å². The SMILES string of the molecule is CCCCCCCc1ccc([C@@H]2NC(=S)NC3=C2C(=O)c2ccccc23)cc1. The van der Waals surface area contributed by atoms with Crippen molar-refractivity contribution in [2.75, 3.05) is 0 Å². The number of Topliss-reactive ketones (excluding diaryl/α,β-unsaturated/α-hetero) is 1. The van der Waals surface area contributed by atoms with Crippen molar-refractivity contribution in [1.29, 1.82) is 0 Å². The number of aryl methyl sites for hydroxylation is 1. The van der Waals surface area contributed by atoms with Gasteiger partial charge < -0.3 is 10.6 Å². The molecule has 0 saturated heterocycles. The largest absolute Gasteiger partial charge is 0.351 e. The topological polar surface area (TPSA) is 41.1 Å². The second-order valence-corrected chi connectivity index (χ2v) is 8.01. The van der Waals surface area contributed by atoms with Gasteiger partial charge in [-0.05, 0) is 36.2 Å². The van der Waals surface area contributed by atoms with E-state index in [1.54, 1.807) is 0 Å². The van der Waals surface area contributed by atoms with Crippen LogP contribution in [0.1, 0.15) is 72.1 Å². The second kappa shape index (κ2) is 8.27. The molecule has 2 aromatic rings. The lowest BCUT2D eigenvalue weighted by Crippen LogP contribution is -2.43. The zero-order valence-electron chi connectivity index (χ0n) is 16.3.